The molecule has 1 saturated heterocycles. The standard InChI is InChI=1S/C29H35N5.ClH/c1-4-27(26-13-17-34(31-26)25-11-6-5-7-12-25)32-15-9-16-33(19-18-32)28-21-24(22(2)3)20-23-10-8-14-30-29(23)28;/h5-8,10-14,17,20-22,27H,4,9,15-16,18-19H2,1-3H3;1H. The van der Waals surface area contributed by atoms with E-state index in [2.05, 4.69) is 85.3 Å². The second-order valence-corrected chi connectivity index (χ2v) is 9.59. The Morgan fingerprint density at radius 2 is 1.74 bits per heavy atom. The molecule has 5 nitrogen and oxygen atoms in total. The highest BCUT2D eigenvalue weighted by Gasteiger charge is 2.25. The van der Waals surface area contributed by atoms with E-state index in [1.165, 1.54) is 16.6 Å². The van der Waals surface area contributed by atoms with Gasteiger partial charge in [-0.2, -0.15) is 5.10 Å². The lowest BCUT2D eigenvalue weighted by molar-refractivity contribution is 0.201. The maximum atomic E-state index is 4.96. The van der Waals surface area contributed by atoms with Crippen LogP contribution in [0.25, 0.3) is 16.6 Å². The van der Waals surface area contributed by atoms with Gasteiger partial charge in [-0.3, -0.25) is 9.88 Å². The van der Waals surface area contributed by atoms with E-state index in [1.807, 2.05) is 23.0 Å². The van der Waals surface area contributed by atoms with E-state index in [1.54, 1.807) is 0 Å². The summed E-state index contributed by atoms with van der Waals surface area (Å²) >= 11 is 0. The van der Waals surface area contributed by atoms with Crippen molar-refractivity contribution in [2.45, 2.75) is 45.6 Å². The molecule has 1 aliphatic heterocycles. The Labute approximate surface area is 215 Å². The Bertz CT molecular complexity index is 1240. The van der Waals surface area contributed by atoms with Crippen LogP contribution in [0.4, 0.5) is 5.69 Å². The largest absolute Gasteiger partial charge is 0.368 e. The van der Waals surface area contributed by atoms with Gasteiger partial charge in [0.15, 0.2) is 0 Å². The second kappa shape index (κ2) is 11.2. The molecule has 0 aliphatic carbocycles. The minimum atomic E-state index is 0. The first kappa shape index (κ1) is 25.2. The Morgan fingerprint density at radius 3 is 2.51 bits per heavy atom. The van der Waals surface area contributed by atoms with Crippen LogP contribution < -0.4 is 4.90 Å². The monoisotopic (exact) mass is 489 g/mol. The quantitative estimate of drug-likeness (QED) is 0.304. The van der Waals surface area contributed by atoms with Gasteiger partial charge >= 0.3 is 0 Å². The number of rotatable bonds is 6. The molecule has 184 valence electrons. The molecule has 35 heavy (non-hydrogen) atoms. The molecule has 5 rings (SSSR count). The number of benzene rings is 2. The van der Waals surface area contributed by atoms with Crippen molar-refractivity contribution in [2.75, 3.05) is 31.1 Å². The fraction of sp³-hybridized carbons (Fsp3) is 0.379. The number of hydrogen-bond acceptors (Lipinski definition) is 4. The SMILES string of the molecule is CCC(c1ccn(-c2ccccc2)n1)N1CCCN(c2cc(C(C)C)cc3cccnc23)CC1.Cl. The summed E-state index contributed by atoms with van der Waals surface area (Å²) in [5.41, 5.74) is 6.05. The molecule has 3 heterocycles. The zero-order valence-corrected chi connectivity index (χ0v) is 21.8. The van der Waals surface area contributed by atoms with Gasteiger partial charge in [0.25, 0.3) is 0 Å². The maximum absolute atomic E-state index is 4.96. The van der Waals surface area contributed by atoms with Crippen LogP contribution in [0.2, 0.25) is 0 Å². The van der Waals surface area contributed by atoms with Crippen molar-refractivity contribution in [3.8, 4) is 5.69 Å². The molecule has 2 aromatic carbocycles. The van der Waals surface area contributed by atoms with Crippen LogP contribution in [-0.4, -0.2) is 45.8 Å². The van der Waals surface area contributed by atoms with E-state index in [9.17, 15) is 0 Å². The van der Waals surface area contributed by atoms with E-state index in [4.69, 9.17) is 10.1 Å². The third kappa shape index (κ3) is 5.36. The molecule has 1 atom stereocenters. The third-order valence-electron chi connectivity index (χ3n) is 7.04. The third-order valence-corrected chi connectivity index (χ3v) is 7.04. The number of halogens is 1. The number of fused-ring (bicyclic) bond motifs is 1. The van der Waals surface area contributed by atoms with Gasteiger partial charge in [0.2, 0.25) is 0 Å². The summed E-state index contributed by atoms with van der Waals surface area (Å²) < 4.78 is 2.00. The average Bonchev–Trinajstić information content (AvgIpc) is 3.23. The first-order chi connectivity index (χ1) is 16.6. The van der Waals surface area contributed by atoms with Crippen LogP contribution in [0.1, 0.15) is 56.8 Å². The Hall–Kier alpha value is -2.89. The van der Waals surface area contributed by atoms with Gasteiger partial charge in [-0.1, -0.05) is 45.0 Å². The Morgan fingerprint density at radius 1 is 0.914 bits per heavy atom. The molecule has 6 heteroatoms. The predicted octanol–water partition coefficient (Wildman–Crippen LogP) is 6.63. The fourth-order valence-corrected chi connectivity index (χ4v) is 5.15. The minimum Gasteiger partial charge on any atom is -0.368 e. The molecule has 0 bridgehead atoms. The summed E-state index contributed by atoms with van der Waals surface area (Å²) in [5, 5.41) is 6.20. The Kier molecular flexibility index (Phi) is 8.09. The van der Waals surface area contributed by atoms with Gasteiger partial charge < -0.3 is 4.90 Å². The molecule has 0 saturated carbocycles. The van der Waals surface area contributed by atoms with Crippen molar-refractivity contribution in [1.29, 1.82) is 0 Å². The van der Waals surface area contributed by atoms with Gasteiger partial charge in [-0.15, -0.1) is 12.4 Å². The Balaban J connectivity index is 0.00000289. The van der Waals surface area contributed by atoms with Gasteiger partial charge in [0.05, 0.1) is 28.6 Å². The lowest BCUT2D eigenvalue weighted by atomic mass is 9.99. The van der Waals surface area contributed by atoms with Gasteiger partial charge in [0, 0.05) is 44.0 Å². The van der Waals surface area contributed by atoms with Crippen LogP contribution in [0, 0.1) is 0 Å². The summed E-state index contributed by atoms with van der Waals surface area (Å²) in [4.78, 5) is 9.95. The fourth-order valence-electron chi connectivity index (χ4n) is 5.15. The van der Waals surface area contributed by atoms with Crippen molar-refractivity contribution in [1.82, 2.24) is 19.7 Å². The van der Waals surface area contributed by atoms with E-state index < -0.39 is 0 Å². The predicted molar refractivity (Wildman–Crippen MR) is 148 cm³/mol. The number of nitrogens with zero attached hydrogens (tertiary/aromatic N) is 5. The summed E-state index contributed by atoms with van der Waals surface area (Å²) in [6, 6.07) is 21.8. The molecule has 0 amide bonds. The zero-order valence-electron chi connectivity index (χ0n) is 21.0. The molecule has 1 unspecified atom stereocenters. The highest BCUT2D eigenvalue weighted by Crippen LogP contribution is 2.32. The summed E-state index contributed by atoms with van der Waals surface area (Å²) in [5.74, 6) is 0.496. The van der Waals surface area contributed by atoms with Crippen LogP contribution in [0.3, 0.4) is 0 Å². The highest BCUT2D eigenvalue weighted by atomic mass is 35.5. The second-order valence-electron chi connectivity index (χ2n) is 9.59. The molecular weight excluding hydrogens is 454 g/mol. The van der Waals surface area contributed by atoms with Crippen molar-refractivity contribution >= 4 is 29.0 Å². The first-order valence-corrected chi connectivity index (χ1v) is 12.6. The summed E-state index contributed by atoms with van der Waals surface area (Å²) in [7, 11) is 0. The van der Waals surface area contributed by atoms with Gasteiger partial charge in [-0.05, 0) is 60.7 Å². The summed E-state index contributed by atoms with van der Waals surface area (Å²) in [6.45, 7) is 11.0. The number of anilines is 1. The molecule has 0 N–H and O–H groups in total. The lowest BCUT2D eigenvalue weighted by Crippen LogP contribution is -2.33. The van der Waals surface area contributed by atoms with E-state index >= 15 is 0 Å². The van der Waals surface area contributed by atoms with Crippen LogP contribution in [0.15, 0.2) is 73.1 Å². The van der Waals surface area contributed by atoms with Crippen LogP contribution in [0.5, 0.6) is 0 Å². The molecule has 1 fully saturated rings. The van der Waals surface area contributed by atoms with Crippen molar-refractivity contribution < 1.29 is 0 Å². The molecule has 0 spiro atoms. The van der Waals surface area contributed by atoms with Gasteiger partial charge in [-0.25, -0.2) is 4.68 Å². The first-order valence-electron chi connectivity index (χ1n) is 12.6. The van der Waals surface area contributed by atoms with Crippen LogP contribution >= 0.6 is 12.4 Å². The van der Waals surface area contributed by atoms with Crippen molar-refractivity contribution in [3.63, 3.8) is 0 Å². The number of aromatic nitrogens is 3. The van der Waals surface area contributed by atoms with Crippen molar-refractivity contribution in [2.24, 2.45) is 0 Å². The summed E-state index contributed by atoms with van der Waals surface area (Å²) in [6.07, 6.45) is 6.20. The lowest BCUT2D eigenvalue weighted by Gasteiger charge is -2.29. The minimum absolute atomic E-state index is 0. The molecule has 4 aromatic rings. The molecular formula is C29H36ClN5. The highest BCUT2D eigenvalue weighted by molar-refractivity contribution is 5.91. The number of hydrogen-bond donors (Lipinski definition) is 0. The van der Waals surface area contributed by atoms with Crippen molar-refractivity contribution in [3.05, 3.63) is 84.3 Å². The normalized spacial score (nSPS) is 15.7. The van der Waals surface area contributed by atoms with Crippen LogP contribution in [-0.2, 0) is 0 Å². The molecule has 0 radical (unpaired) electrons. The zero-order chi connectivity index (χ0) is 23.5. The molecule has 2 aromatic heterocycles. The average molecular weight is 490 g/mol. The smallest absolute Gasteiger partial charge is 0.0935 e. The van der Waals surface area contributed by atoms with E-state index in [0.29, 0.717) is 12.0 Å². The topological polar surface area (TPSA) is 37.2 Å². The van der Waals surface area contributed by atoms with E-state index in [0.717, 1.165) is 55.9 Å². The molecule has 1 aliphatic rings. The number of pyridine rings is 1. The van der Waals surface area contributed by atoms with E-state index in [-0.39, 0.29) is 12.4 Å². The van der Waals surface area contributed by atoms with Gasteiger partial charge in [0.1, 0.15) is 0 Å². The number of para-hydroxylation sites is 1. The maximum Gasteiger partial charge on any atom is 0.0935 e.